The summed E-state index contributed by atoms with van der Waals surface area (Å²) in [6.45, 7) is 1.88. The standard InChI is InChI=1S/C22H22N6O3.2H2/c1-14-10-17(8-9-24-14)26-18-13-25-19(11-16(18)12-23)27-22(30)28-20(21(29)31-2)15-6-4-3-5-7-15;;/h3-13,20,23H,1-2H3,(H,24,26)(H2,25,27,28,30);2*1H/t20-;;/m0../s1. The number of nitrogens with zero attached hydrogens (tertiary/aromatic N) is 2. The van der Waals surface area contributed by atoms with Crippen LogP contribution < -0.4 is 16.0 Å². The lowest BCUT2D eigenvalue weighted by molar-refractivity contribution is -0.143. The van der Waals surface area contributed by atoms with Crippen molar-refractivity contribution in [2.45, 2.75) is 13.0 Å². The highest BCUT2D eigenvalue weighted by atomic mass is 16.5. The molecule has 1 aromatic carbocycles. The number of urea groups is 1. The van der Waals surface area contributed by atoms with Crippen molar-refractivity contribution in [2.75, 3.05) is 17.7 Å². The molecule has 0 saturated heterocycles. The molecule has 9 nitrogen and oxygen atoms in total. The second kappa shape index (κ2) is 9.97. The molecular weight excluding hydrogens is 396 g/mol. The molecule has 4 N–H and O–H groups in total. The van der Waals surface area contributed by atoms with Crippen LogP contribution in [0.15, 0.2) is 60.9 Å². The first kappa shape index (κ1) is 21.4. The van der Waals surface area contributed by atoms with E-state index in [9.17, 15) is 9.59 Å². The second-order valence-corrected chi connectivity index (χ2v) is 6.58. The maximum Gasteiger partial charge on any atom is 0.333 e. The van der Waals surface area contributed by atoms with E-state index in [1.54, 1.807) is 42.6 Å². The molecule has 2 heterocycles. The topological polar surface area (TPSA) is 129 Å². The second-order valence-electron chi connectivity index (χ2n) is 6.58. The minimum absolute atomic E-state index is 0. The van der Waals surface area contributed by atoms with Gasteiger partial charge < -0.3 is 20.8 Å². The van der Waals surface area contributed by atoms with Crippen LogP contribution in [0.3, 0.4) is 0 Å². The summed E-state index contributed by atoms with van der Waals surface area (Å²) in [5.74, 6) is -0.370. The van der Waals surface area contributed by atoms with Crippen LogP contribution in [0.4, 0.5) is 22.0 Å². The Morgan fingerprint density at radius 3 is 2.61 bits per heavy atom. The Hall–Kier alpha value is -4.27. The molecule has 2 aromatic heterocycles. The van der Waals surface area contributed by atoms with Gasteiger partial charge in [0.1, 0.15) is 5.82 Å². The van der Waals surface area contributed by atoms with Crippen LogP contribution in [0, 0.1) is 12.3 Å². The molecular formula is C22H26N6O3. The van der Waals surface area contributed by atoms with Gasteiger partial charge in [-0.3, -0.25) is 10.3 Å². The number of aryl methyl sites for hydroxylation is 1. The zero-order chi connectivity index (χ0) is 22.2. The molecule has 0 saturated carbocycles. The molecule has 0 spiro atoms. The first-order chi connectivity index (χ1) is 15.0. The minimum Gasteiger partial charge on any atom is -0.467 e. The van der Waals surface area contributed by atoms with E-state index in [-0.39, 0.29) is 8.67 Å². The van der Waals surface area contributed by atoms with Crippen molar-refractivity contribution in [3.05, 3.63) is 77.7 Å². The minimum atomic E-state index is -0.968. The first-order valence-corrected chi connectivity index (χ1v) is 9.40. The number of aromatic nitrogens is 2. The van der Waals surface area contributed by atoms with E-state index in [1.165, 1.54) is 13.3 Å². The molecule has 9 heteroatoms. The van der Waals surface area contributed by atoms with E-state index in [0.717, 1.165) is 17.6 Å². The summed E-state index contributed by atoms with van der Waals surface area (Å²) in [4.78, 5) is 33.0. The fourth-order valence-electron chi connectivity index (χ4n) is 2.87. The number of carbonyl (C=O) groups is 2. The van der Waals surface area contributed by atoms with Gasteiger partial charge >= 0.3 is 12.0 Å². The highest BCUT2D eigenvalue weighted by molar-refractivity contribution is 5.94. The van der Waals surface area contributed by atoms with E-state index in [0.29, 0.717) is 16.8 Å². The van der Waals surface area contributed by atoms with Crippen molar-refractivity contribution < 1.29 is 17.2 Å². The fourth-order valence-corrected chi connectivity index (χ4v) is 2.87. The van der Waals surface area contributed by atoms with Crippen LogP contribution >= 0.6 is 0 Å². The number of hydrogen-bond acceptors (Lipinski definition) is 7. The van der Waals surface area contributed by atoms with Crippen LogP contribution in [0.25, 0.3) is 0 Å². The zero-order valence-electron chi connectivity index (χ0n) is 17.0. The summed E-state index contributed by atoms with van der Waals surface area (Å²) < 4.78 is 4.80. The predicted molar refractivity (Wildman–Crippen MR) is 122 cm³/mol. The molecule has 0 aliphatic carbocycles. The molecule has 0 aliphatic heterocycles. The number of rotatable bonds is 7. The number of pyridine rings is 2. The van der Waals surface area contributed by atoms with E-state index in [4.69, 9.17) is 10.1 Å². The molecule has 0 aliphatic rings. The van der Waals surface area contributed by atoms with Crippen molar-refractivity contribution in [3.8, 4) is 0 Å². The van der Waals surface area contributed by atoms with Gasteiger partial charge in [0.05, 0.1) is 19.0 Å². The average molecular weight is 422 g/mol. The molecule has 0 fully saturated rings. The molecule has 3 aromatic rings. The van der Waals surface area contributed by atoms with Gasteiger partial charge in [0.2, 0.25) is 0 Å². The van der Waals surface area contributed by atoms with E-state index in [2.05, 4.69) is 25.9 Å². The van der Waals surface area contributed by atoms with Gasteiger partial charge in [-0.15, -0.1) is 0 Å². The summed E-state index contributed by atoms with van der Waals surface area (Å²) in [5, 5.41) is 16.0. The lowest BCUT2D eigenvalue weighted by Gasteiger charge is -2.17. The molecule has 0 bridgehead atoms. The number of nitrogens with one attached hydrogen (secondary N) is 4. The summed E-state index contributed by atoms with van der Waals surface area (Å²) in [5.41, 5.74) is 3.36. The van der Waals surface area contributed by atoms with Gasteiger partial charge in [0.15, 0.2) is 6.04 Å². The number of ether oxygens (including phenoxy) is 1. The van der Waals surface area contributed by atoms with Gasteiger partial charge in [-0.1, -0.05) is 30.3 Å². The van der Waals surface area contributed by atoms with Crippen LogP contribution in [0.5, 0.6) is 0 Å². The molecule has 0 radical (unpaired) electrons. The number of hydrogen-bond donors (Lipinski definition) is 4. The molecule has 31 heavy (non-hydrogen) atoms. The lowest BCUT2D eigenvalue weighted by atomic mass is 10.1. The van der Waals surface area contributed by atoms with Gasteiger partial charge in [0.25, 0.3) is 0 Å². The fraction of sp³-hybridized carbons (Fsp3) is 0.136. The third-order valence-corrected chi connectivity index (χ3v) is 4.35. The Morgan fingerprint density at radius 2 is 1.94 bits per heavy atom. The summed E-state index contributed by atoms with van der Waals surface area (Å²) in [6, 6.07) is 12.4. The Balaban J connectivity index is 0.00000272. The number of esters is 1. The molecule has 0 unspecified atom stereocenters. The normalized spacial score (nSPS) is 11.2. The Kier molecular flexibility index (Phi) is 6.89. The highest BCUT2D eigenvalue weighted by Crippen LogP contribution is 2.22. The number of anilines is 3. The van der Waals surface area contributed by atoms with E-state index < -0.39 is 18.0 Å². The number of carbonyl (C=O) groups excluding carboxylic acids is 2. The van der Waals surface area contributed by atoms with Crippen molar-refractivity contribution in [2.24, 2.45) is 0 Å². The Bertz CT molecular complexity index is 1100. The third-order valence-electron chi connectivity index (χ3n) is 4.35. The number of benzene rings is 1. The van der Waals surface area contributed by atoms with Crippen LogP contribution in [0.1, 0.15) is 25.7 Å². The van der Waals surface area contributed by atoms with Crippen molar-refractivity contribution in [1.29, 1.82) is 5.41 Å². The predicted octanol–water partition coefficient (Wildman–Crippen LogP) is 4.05. The van der Waals surface area contributed by atoms with Gasteiger partial charge in [-0.25, -0.2) is 14.6 Å². The molecule has 162 valence electrons. The maximum absolute atomic E-state index is 12.5. The molecule has 1 atom stereocenters. The third kappa shape index (κ3) is 5.63. The lowest BCUT2D eigenvalue weighted by Crippen LogP contribution is -2.37. The van der Waals surface area contributed by atoms with Crippen LogP contribution in [-0.4, -0.2) is 35.3 Å². The summed E-state index contributed by atoms with van der Waals surface area (Å²) in [7, 11) is 1.26. The monoisotopic (exact) mass is 422 g/mol. The smallest absolute Gasteiger partial charge is 0.333 e. The van der Waals surface area contributed by atoms with Gasteiger partial charge in [-0.2, -0.15) is 0 Å². The quantitative estimate of drug-likeness (QED) is 0.336. The van der Waals surface area contributed by atoms with Crippen LogP contribution in [0.2, 0.25) is 0 Å². The Labute approximate surface area is 182 Å². The van der Waals surface area contributed by atoms with E-state index in [1.807, 2.05) is 19.1 Å². The molecule has 2 amide bonds. The first-order valence-electron chi connectivity index (χ1n) is 9.40. The average Bonchev–Trinajstić information content (AvgIpc) is 2.78. The number of amides is 2. The summed E-state index contributed by atoms with van der Waals surface area (Å²) >= 11 is 0. The Morgan fingerprint density at radius 1 is 1.16 bits per heavy atom. The largest absolute Gasteiger partial charge is 0.467 e. The van der Waals surface area contributed by atoms with Crippen molar-refractivity contribution >= 4 is 35.4 Å². The van der Waals surface area contributed by atoms with E-state index >= 15 is 0 Å². The van der Waals surface area contributed by atoms with Crippen molar-refractivity contribution in [1.82, 2.24) is 15.3 Å². The van der Waals surface area contributed by atoms with Gasteiger partial charge in [0, 0.05) is 32.2 Å². The summed E-state index contributed by atoms with van der Waals surface area (Å²) in [6.07, 6.45) is 4.35. The van der Waals surface area contributed by atoms with Crippen molar-refractivity contribution in [3.63, 3.8) is 0 Å². The SMILES string of the molecule is COC(=O)[C@@H](NC(=O)Nc1cc(C=N)c(Nc2ccnc(C)c2)cn1)c1ccccc1.[HH].[HH]. The van der Waals surface area contributed by atoms with Gasteiger partial charge in [-0.05, 0) is 30.7 Å². The highest BCUT2D eigenvalue weighted by Gasteiger charge is 2.23. The zero-order valence-corrected chi connectivity index (χ0v) is 17.0. The maximum atomic E-state index is 12.5. The number of methoxy groups -OCH3 is 1. The molecule has 3 rings (SSSR count). The van der Waals surface area contributed by atoms with Crippen LogP contribution in [-0.2, 0) is 9.53 Å².